The molecule has 3 nitrogen and oxygen atoms in total. The summed E-state index contributed by atoms with van der Waals surface area (Å²) >= 11 is 0. The lowest BCUT2D eigenvalue weighted by Crippen LogP contribution is -1.93. The first-order valence-electron chi connectivity index (χ1n) is 18.0. The molecule has 0 aliphatic rings. The van der Waals surface area contributed by atoms with E-state index in [0.717, 1.165) is 19.3 Å². The Labute approximate surface area is 246 Å². The van der Waals surface area contributed by atoms with Gasteiger partial charge < -0.3 is 10.2 Å². The Morgan fingerprint density at radius 2 is 0.564 bits per heavy atom. The van der Waals surface area contributed by atoms with Gasteiger partial charge in [0.1, 0.15) is 0 Å². The summed E-state index contributed by atoms with van der Waals surface area (Å²) in [6, 6.07) is 0. The van der Waals surface area contributed by atoms with Gasteiger partial charge in [-0.2, -0.15) is 0 Å². The smallest absolute Gasteiger partial charge is 0.303 e. The summed E-state index contributed by atoms with van der Waals surface area (Å²) < 4.78 is 0. The van der Waals surface area contributed by atoms with E-state index in [1.54, 1.807) is 0 Å². The number of aliphatic hydroxyl groups excluding tert-OH is 1. The minimum Gasteiger partial charge on any atom is -0.481 e. The molecule has 0 amide bonds. The van der Waals surface area contributed by atoms with Crippen molar-refractivity contribution in [3.63, 3.8) is 0 Å². The lowest BCUT2D eigenvalue weighted by Gasteiger charge is -2.03. The molecule has 0 saturated carbocycles. The molecular formula is C36H74O3. The molecule has 0 heterocycles. The predicted molar refractivity (Wildman–Crippen MR) is 174 cm³/mol. The predicted octanol–water partition coefficient (Wildman–Crippen LogP) is 12.6. The summed E-state index contributed by atoms with van der Waals surface area (Å²) in [5.74, 6) is -0.651. The molecule has 0 aliphatic carbocycles. The maximum atomic E-state index is 10.4. The molecule has 0 spiro atoms. The molecule has 3 heteroatoms. The standard InChI is InChI=1S/C22H44O2.C14H30O/c1-2-3-4-5-6-7-8-9-10-11-12-13-14-15-16-17-18-19-20-21-22(23)24;1-2-3-4-5-6-7-8-9-10-11-12-13-14-15/h2-21H2,1H3,(H,23,24);15H,2-14H2,1H3. The number of rotatable bonds is 32. The molecule has 0 aromatic carbocycles. The third kappa shape index (κ3) is 44.7. The van der Waals surface area contributed by atoms with Crippen LogP contribution >= 0.6 is 0 Å². The molecular weight excluding hydrogens is 480 g/mol. The second kappa shape index (κ2) is 39.6. The van der Waals surface area contributed by atoms with E-state index in [-0.39, 0.29) is 0 Å². The van der Waals surface area contributed by atoms with Crippen molar-refractivity contribution in [2.45, 2.75) is 219 Å². The molecule has 39 heavy (non-hydrogen) atoms. The second-order valence-corrected chi connectivity index (χ2v) is 12.1. The van der Waals surface area contributed by atoms with Crippen molar-refractivity contribution >= 4 is 5.97 Å². The van der Waals surface area contributed by atoms with E-state index in [1.807, 2.05) is 0 Å². The quantitative estimate of drug-likeness (QED) is 0.0813. The first-order chi connectivity index (χ1) is 19.2. The zero-order chi connectivity index (χ0) is 28.9. The third-order valence-electron chi connectivity index (χ3n) is 8.01. The van der Waals surface area contributed by atoms with E-state index in [0.29, 0.717) is 13.0 Å². The van der Waals surface area contributed by atoms with Gasteiger partial charge in [-0.15, -0.1) is 0 Å². The fraction of sp³-hybridized carbons (Fsp3) is 0.972. The summed E-state index contributed by atoms with van der Waals surface area (Å²) in [7, 11) is 0. The summed E-state index contributed by atoms with van der Waals surface area (Å²) in [6.07, 6.45) is 42.3. The largest absolute Gasteiger partial charge is 0.481 e. The highest BCUT2D eigenvalue weighted by Crippen LogP contribution is 2.15. The molecule has 0 aliphatic heterocycles. The number of aliphatic carboxylic acids is 1. The molecule has 0 aromatic heterocycles. The first-order valence-corrected chi connectivity index (χ1v) is 18.0. The van der Waals surface area contributed by atoms with Gasteiger partial charge in [0, 0.05) is 13.0 Å². The van der Waals surface area contributed by atoms with Crippen LogP contribution in [0.4, 0.5) is 0 Å². The number of carbonyl (C=O) groups is 1. The van der Waals surface area contributed by atoms with Crippen LogP contribution in [0.5, 0.6) is 0 Å². The topological polar surface area (TPSA) is 57.5 Å². The summed E-state index contributed by atoms with van der Waals surface area (Å²) in [5.41, 5.74) is 0. The molecule has 236 valence electrons. The van der Waals surface area contributed by atoms with Gasteiger partial charge in [-0.1, -0.05) is 200 Å². The van der Waals surface area contributed by atoms with Gasteiger partial charge in [0.15, 0.2) is 0 Å². The van der Waals surface area contributed by atoms with Gasteiger partial charge >= 0.3 is 5.97 Å². The van der Waals surface area contributed by atoms with Gasteiger partial charge in [-0.05, 0) is 12.8 Å². The van der Waals surface area contributed by atoms with Gasteiger partial charge in [0.2, 0.25) is 0 Å². The second-order valence-electron chi connectivity index (χ2n) is 12.1. The SMILES string of the molecule is CCCCCCCCCCCCCCCCCCCCCC(=O)O.CCCCCCCCCCCCCCO. The van der Waals surface area contributed by atoms with Crippen LogP contribution in [0.2, 0.25) is 0 Å². The van der Waals surface area contributed by atoms with Crippen LogP contribution in [0.1, 0.15) is 219 Å². The van der Waals surface area contributed by atoms with Gasteiger partial charge in [0.25, 0.3) is 0 Å². The molecule has 0 unspecified atom stereocenters. The van der Waals surface area contributed by atoms with Crippen molar-refractivity contribution in [1.82, 2.24) is 0 Å². The van der Waals surface area contributed by atoms with Gasteiger partial charge in [-0.3, -0.25) is 4.79 Å². The molecule has 0 rings (SSSR count). The van der Waals surface area contributed by atoms with Gasteiger partial charge in [0.05, 0.1) is 0 Å². The minimum absolute atomic E-state index is 0.346. The number of aliphatic hydroxyl groups is 1. The number of hydrogen-bond acceptors (Lipinski definition) is 2. The molecule has 0 atom stereocenters. The van der Waals surface area contributed by atoms with Crippen molar-refractivity contribution in [3.05, 3.63) is 0 Å². The minimum atomic E-state index is -0.651. The van der Waals surface area contributed by atoms with Crippen LogP contribution in [0.3, 0.4) is 0 Å². The average Bonchev–Trinajstić information content (AvgIpc) is 2.93. The zero-order valence-corrected chi connectivity index (χ0v) is 27.1. The maximum absolute atomic E-state index is 10.4. The van der Waals surface area contributed by atoms with Crippen LogP contribution in [-0.2, 0) is 4.79 Å². The van der Waals surface area contributed by atoms with Crippen LogP contribution in [0.25, 0.3) is 0 Å². The number of hydrogen-bond donors (Lipinski definition) is 2. The normalized spacial score (nSPS) is 10.9. The fourth-order valence-electron chi connectivity index (χ4n) is 5.31. The van der Waals surface area contributed by atoms with E-state index in [4.69, 9.17) is 10.2 Å². The molecule has 0 radical (unpaired) electrons. The lowest BCUT2D eigenvalue weighted by molar-refractivity contribution is -0.137. The highest BCUT2D eigenvalue weighted by molar-refractivity contribution is 5.66. The molecule has 2 N–H and O–H groups in total. The van der Waals surface area contributed by atoms with E-state index in [1.165, 1.54) is 180 Å². The Bertz CT molecular complexity index is 412. The van der Waals surface area contributed by atoms with E-state index >= 15 is 0 Å². The zero-order valence-electron chi connectivity index (χ0n) is 27.1. The maximum Gasteiger partial charge on any atom is 0.303 e. The number of carboxylic acids is 1. The third-order valence-corrected chi connectivity index (χ3v) is 8.01. The highest BCUT2D eigenvalue weighted by Gasteiger charge is 1.97. The van der Waals surface area contributed by atoms with E-state index in [9.17, 15) is 4.79 Å². The Morgan fingerprint density at radius 3 is 0.769 bits per heavy atom. The van der Waals surface area contributed by atoms with E-state index < -0.39 is 5.97 Å². The molecule has 0 fully saturated rings. The van der Waals surface area contributed by atoms with E-state index in [2.05, 4.69) is 13.8 Å². The van der Waals surface area contributed by atoms with Crippen LogP contribution in [0, 0.1) is 0 Å². The molecule has 0 saturated heterocycles. The molecule has 0 bridgehead atoms. The van der Waals surface area contributed by atoms with Crippen LogP contribution in [-0.4, -0.2) is 22.8 Å². The summed E-state index contributed by atoms with van der Waals surface area (Å²) in [6.45, 7) is 4.93. The Kier molecular flexibility index (Phi) is 41.2. The Balaban J connectivity index is 0. The van der Waals surface area contributed by atoms with Crippen molar-refractivity contribution < 1.29 is 15.0 Å². The van der Waals surface area contributed by atoms with Crippen molar-refractivity contribution in [2.24, 2.45) is 0 Å². The fourth-order valence-corrected chi connectivity index (χ4v) is 5.31. The van der Waals surface area contributed by atoms with Crippen LogP contribution in [0.15, 0.2) is 0 Å². The van der Waals surface area contributed by atoms with Crippen molar-refractivity contribution in [3.8, 4) is 0 Å². The Hall–Kier alpha value is -0.570. The van der Waals surface area contributed by atoms with Gasteiger partial charge in [-0.25, -0.2) is 0 Å². The number of unbranched alkanes of at least 4 members (excludes halogenated alkanes) is 29. The molecule has 0 aromatic rings. The number of carboxylic acid groups (broad SMARTS) is 1. The van der Waals surface area contributed by atoms with Crippen molar-refractivity contribution in [2.75, 3.05) is 6.61 Å². The summed E-state index contributed by atoms with van der Waals surface area (Å²) in [5, 5.41) is 17.2. The van der Waals surface area contributed by atoms with Crippen LogP contribution < -0.4 is 0 Å². The first kappa shape index (κ1) is 40.6. The lowest BCUT2D eigenvalue weighted by atomic mass is 10.0. The average molecular weight is 555 g/mol. The Morgan fingerprint density at radius 1 is 0.359 bits per heavy atom. The highest BCUT2D eigenvalue weighted by atomic mass is 16.4. The monoisotopic (exact) mass is 555 g/mol. The van der Waals surface area contributed by atoms with Crippen molar-refractivity contribution in [1.29, 1.82) is 0 Å². The summed E-state index contributed by atoms with van der Waals surface area (Å²) in [4.78, 5) is 10.4.